The number of aryl methyl sites for hydroxylation is 1. The number of nitrogen functional groups attached to an aromatic ring is 1. The number of ether oxygens (including phenoxy) is 1. The fourth-order valence-electron chi connectivity index (χ4n) is 5.35. The van der Waals surface area contributed by atoms with Crippen molar-refractivity contribution >= 4 is 11.4 Å². The Kier molecular flexibility index (Phi) is 7.16. The van der Waals surface area contributed by atoms with Crippen molar-refractivity contribution in [3.8, 4) is 5.75 Å². The van der Waals surface area contributed by atoms with Crippen LogP contribution in [-0.2, 0) is 13.1 Å². The van der Waals surface area contributed by atoms with E-state index in [0.717, 1.165) is 47.9 Å². The Balaban J connectivity index is 1.67. The molecule has 7 heteroatoms. The van der Waals surface area contributed by atoms with Gasteiger partial charge in [-0.05, 0) is 74.1 Å². The van der Waals surface area contributed by atoms with E-state index in [9.17, 15) is 4.79 Å². The van der Waals surface area contributed by atoms with E-state index in [4.69, 9.17) is 16.3 Å². The van der Waals surface area contributed by atoms with Gasteiger partial charge in [-0.3, -0.25) is 9.69 Å². The number of pyridine rings is 1. The number of anilines is 2. The van der Waals surface area contributed by atoms with Gasteiger partial charge in [-0.2, -0.15) is 0 Å². The van der Waals surface area contributed by atoms with E-state index in [1.807, 2.05) is 6.07 Å². The van der Waals surface area contributed by atoms with E-state index in [0.29, 0.717) is 6.54 Å². The number of nitrogens with two attached hydrogens (primary N) is 2. The lowest BCUT2D eigenvalue weighted by Gasteiger charge is -2.30. The average Bonchev–Trinajstić information content (AvgIpc) is 2.92. The van der Waals surface area contributed by atoms with Gasteiger partial charge in [-0.15, -0.1) is 0 Å². The van der Waals surface area contributed by atoms with Crippen LogP contribution in [0, 0.1) is 13.8 Å². The zero-order valence-electron chi connectivity index (χ0n) is 22.3. The molecule has 3 aromatic rings. The van der Waals surface area contributed by atoms with Gasteiger partial charge in [0.25, 0.3) is 0 Å². The number of hydrazine groups is 1. The molecule has 0 amide bonds. The highest BCUT2D eigenvalue weighted by Crippen LogP contribution is 2.37. The van der Waals surface area contributed by atoms with Crippen LogP contribution in [0.1, 0.15) is 66.6 Å². The Bertz CT molecular complexity index is 1310. The van der Waals surface area contributed by atoms with Gasteiger partial charge < -0.3 is 20.5 Å². The van der Waals surface area contributed by atoms with E-state index in [1.165, 1.54) is 28.3 Å². The number of H-pyrrole nitrogens is 1. The lowest BCUT2D eigenvalue weighted by molar-refractivity contribution is 0.0682. The third kappa shape index (κ3) is 5.27. The van der Waals surface area contributed by atoms with Crippen LogP contribution in [-0.4, -0.2) is 29.1 Å². The first-order valence-electron chi connectivity index (χ1n) is 12.6. The fourth-order valence-corrected chi connectivity index (χ4v) is 5.35. The van der Waals surface area contributed by atoms with E-state index in [-0.39, 0.29) is 17.1 Å². The number of aromatic amines is 1. The van der Waals surface area contributed by atoms with Gasteiger partial charge in [0, 0.05) is 38.7 Å². The molecule has 1 atom stereocenters. The number of aromatic nitrogens is 1. The summed E-state index contributed by atoms with van der Waals surface area (Å²) in [4.78, 5) is 17.3. The highest BCUT2D eigenvalue weighted by atomic mass is 16.5. The molecule has 0 spiro atoms. The van der Waals surface area contributed by atoms with Crippen molar-refractivity contribution in [2.45, 2.75) is 65.6 Å². The van der Waals surface area contributed by atoms with E-state index in [2.05, 4.69) is 68.8 Å². The van der Waals surface area contributed by atoms with Crippen LogP contribution in [0.2, 0.25) is 0 Å². The Morgan fingerprint density at radius 2 is 1.92 bits per heavy atom. The minimum atomic E-state index is -0.381. The summed E-state index contributed by atoms with van der Waals surface area (Å²) in [6, 6.07) is 14.2. The Hall–Kier alpha value is -3.29. The lowest BCUT2D eigenvalue weighted by Crippen LogP contribution is -2.40. The molecule has 5 N–H and O–H groups in total. The second-order valence-corrected chi connectivity index (χ2v) is 10.6. The van der Waals surface area contributed by atoms with E-state index in [1.54, 1.807) is 18.1 Å². The predicted octanol–water partition coefficient (Wildman–Crippen LogP) is 4.60. The van der Waals surface area contributed by atoms with Crippen molar-refractivity contribution < 1.29 is 4.74 Å². The largest absolute Gasteiger partial charge is 0.485 e. The van der Waals surface area contributed by atoms with Gasteiger partial charge >= 0.3 is 0 Å². The minimum Gasteiger partial charge on any atom is -0.485 e. The molecule has 0 bridgehead atoms. The van der Waals surface area contributed by atoms with Crippen molar-refractivity contribution in [1.29, 1.82) is 0 Å². The first kappa shape index (κ1) is 25.8. The van der Waals surface area contributed by atoms with Crippen molar-refractivity contribution in [3.05, 3.63) is 86.3 Å². The fraction of sp³-hybridized carbons (Fsp3) is 0.414. The molecular formula is C29H39N5O2. The summed E-state index contributed by atoms with van der Waals surface area (Å²) in [7, 11) is 1.80. The lowest BCUT2D eigenvalue weighted by atomic mass is 9.84. The molecule has 0 saturated heterocycles. The zero-order valence-corrected chi connectivity index (χ0v) is 22.3. The molecular weight excluding hydrogens is 450 g/mol. The Labute approximate surface area is 214 Å². The molecule has 0 fully saturated rings. The van der Waals surface area contributed by atoms with Gasteiger partial charge in [0.15, 0.2) is 0 Å². The van der Waals surface area contributed by atoms with Crippen LogP contribution in [0.4, 0.5) is 11.4 Å². The molecule has 2 heterocycles. The van der Waals surface area contributed by atoms with Crippen molar-refractivity contribution in [3.63, 3.8) is 0 Å². The standard InChI is InChI=1S/C29H39N5O2/c1-7-22(23-10-11-25(33(6)31)28(30)19(23)3)20-9-8-18(2)21(14-20)15-34-16-24-26(12-13-27(35)32-24)36-29(4,5)17-34/h8-14,22H,7,15-17,30-31H2,1-6H3,(H,32,35). The molecule has 1 aliphatic heterocycles. The summed E-state index contributed by atoms with van der Waals surface area (Å²) in [6.07, 6.45) is 0.958. The normalized spacial score (nSPS) is 16.1. The quantitative estimate of drug-likeness (QED) is 0.266. The number of hydrogen-bond donors (Lipinski definition) is 3. The molecule has 0 aliphatic carbocycles. The van der Waals surface area contributed by atoms with Crippen LogP contribution in [0.5, 0.6) is 5.75 Å². The summed E-state index contributed by atoms with van der Waals surface area (Å²) < 4.78 is 6.25. The molecule has 0 radical (unpaired) electrons. The summed E-state index contributed by atoms with van der Waals surface area (Å²) >= 11 is 0. The second-order valence-electron chi connectivity index (χ2n) is 10.6. The zero-order chi connectivity index (χ0) is 26.2. The smallest absolute Gasteiger partial charge is 0.248 e. The van der Waals surface area contributed by atoms with Crippen LogP contribution in [0.3, 0.4) is 0 Å². The number of rotatable bonds is 6. The van der Waals surface area contributed by atoms with Gasteiger partial charge in [0.05, 0.1) is 17.1 Å². The summed E-state index contributed by atoms with van der Waals surface area (Å²) in [6.45, 7) is 12.8. The summed E-state index contributed by atoms with van der Waals surface area (Å²) in [5.74, 6) is 6.94. The highest BCUT2D eigenvalue weighted by molar-refractivity contribution is 5.72. The molecule has 192 valence electrons. The predicted molar refractivity (Wildman–Crippen MR) is 147 cm³/mol. The Morgan fingerprint density at radius 1 is 1.17 bits per heavy atom. The van der Waals surface area contributed by atoms with Gasteiger partial charge in [0.2, 0.25) is 5.56 Å². The number of nitrogens with one attached hydrogen (secondary N) is 1. The SMILES string of the molecule is CCC(c1ccc(C)c(CN2Cc3[nH]c(=O)ccc3OC(C)(C)C2)c1)c1ccc(N(C)N)c(N)c1C. The highest BCUT2D eigenvalue weighted by Gasteiger charge is 2.30. The van der Waals surface area contributed by atoms with Crippen LogP contribution >= 0.6 is 0 Å². The van der Waals surface area contributed by atoms with Crippen LogP contribution in [0.15, 0.2) is 47.3 Å². The van der Waals surface area contributed by atoms with Crippen LogP contribution < -0.4 is 26.9 Å². The maximum absolute atomic E-state index is 12.0. The van der Waals surface area contributed by atoms with Crippen LogP contribution in [0.25, 0.3) is 0 Å². The molecule has 4 rings (SSSR count). The number of hydrogen-bond acceptors (Lipinski definition) is 6. The first-order chi connectivity index (χ1) is 17.0. The molecule has 1 aliphatic rings. The third-order valence-electron chi connectivity index (χ3n) is 7.20. The minimum absolute atomic E-state index is 0.109. The average molecular weight is 490 g/mol. The molecule has 2 aromatic carbocycles. The second kappa shape index (κ2) is 9.99. The Morgan fingerprint density at radius 3 is 2.61 bits per heavy atom. The van der Waals surface area contributed by atoms with Gasteiger partial charge in [0.1, 0.15) is 11.4 Å². The monoisotopic (exact) mass is 489 g/mol. The molecule has 36 heavy (non-hydrogen) atoms. The van der Waals surface area contributed by atoms with Crippen molar-refractivity contribution in [2.24, 2.45) is 5.84 Å². The molecule has 1 aromatic heterocycles. The van der Waals surface area contributed by atoms with Gasteiger partial charge in [-0.25, -0.2) is 5.84 Å². The number of benzene rings is 2. The molecule has 7 nitrogen and oxygen atoms in total. The molecule has 1 unspecified atom stereocenters. The van der Waals surface area contributed by atoms with Crippen molar-refractivity contribution in [2.75, 3.05) is 24.3 Å². The summed E-state index contributed by atoms with van der Waals surface area (Å²) in [5, 5.41) is 1.56. The maximum Gasteiger partial charge on any atom is 0.248 e. The third-order valence-corrected chi connectivity index (χ3v) is 7.20. The first-order valence-corrected chi connectivity index (χ1v) is 12.6. The van der Waals surface area contributed by atoms with Gasteiger partial charge in [-0.1, -0.05) is 31.2 Å². The van der Waals surface area contributed by atoms with E-state index < -0.39 is 0 Å². The maximum atomic E-state index is 12.0. The topological polar surface area (TPSA) is 101 Å². The van der Waals surface area contributed by atoms with E-state index >= 15 is 0 Å². The number of fused-ring (bicyclic) bond motifs is 1. The number of nitrogens with zero attached hydrogens (tertiary/aromatic N) is 2. The summed E-state index contributed by atoms with van der Waals surface area (Å²) in [5.41, 5.74) is 14.4. The van der Waals surface area contributed by atoms with Crippen molar-refractivity contribution in [1.82, 2.24) is 9.88 Å². The molecule has 0 saturated carbocycles.